The summed E-state index contributed by atoms with van der Waals surface area (Å²) in [5, 5.41) is 13.4. The third kappa shape index (κ3) is 5.15. The Hall–Kier alpha value is -3.04. The van der Waals surface area contributed by atoms with Gasteiger partial charge in [0.15, 0.2) is 0 Å². The molecule has 1 unspecified atom stereocenters. The van der Waals surface area contributed by atoms with E-state index in [1.165, 1.54) is 0 Å². The molecule has 1 saturated heterocycles. The number of nitrogens with zero attached hydrogens (tertiary/aromatic N) is 5. The first kappa shape index (κ1) is 21.8. The minimum absolute atomic E-state index is 0.0971. The van der Waals surface area contributed by atoms with Gasteiger partial charge < -0.3 is 24.8 Å². The van der Waals surface area contributed by atoms with E-state index in [0.717, 1.165) is 55.7 Å². The number of ether oxygens (including phenoxy) is 2. The van der Waals surface area contributed by atoms with E-state index in [-0.39, 0.29) is 6.10 Å². The van der Waals surface area contributed by atoms with Crippen LogP contribution >= 0.6 is 0 Å². The van der Waals surface area contributed by atoms with Gasteiger partial charge in [-0.1, -0.05) is 0 Å². The predicted molar refractivity (Wildman–Crippen MR) is 126 cm³/mol. The second-order valence-corrected chi connectivity index (χ2v) is 8.69. The van der Waals surface area contributed by atoms with Gasteiger partial charge in [0.05, 0.1) is 42.8 Å². The van der Waals surface area contributed by atoms with Crippen molar-refractivity contribution >= 4 is 22.7 Å². The molecule has 2 aromatic heterocycles. The standard InChI is InChI=1S/C24H30N6O3/c1-16(31)21-15-27-20-13-18(30-9-11-32-12-10-30)14-22(23(20)29-21)33-19-5-3-17(4-6-19)28-24-25-7-2-8-26-24/h2,7-8,13-17,19,31H,3-6,9-12H2,1H3,(H,25,26,28). The van der Waals surface area contributed by atoms with Gasteiger partial charge in [-0.2, -0.15) is 0 Å². The van der Waals surface area contributed by atoms with Crippen molar-refractivity contribution in [2.75, 3.05) is 36.5 Å². The average Bonchev–Trinajstić information content (AvgIpc) is 2.86. The average molecular weight is 451 g/mol. The van der Waals surface area contributed by atoms with Crippen LogP contribution < -0.4 is 15.0 Å². The number of hydrogen-bond acceptors (Lipinski definition) is 9. The van der Waals surface area contributed by atoms with E-state index in [1.807, 2.05) is 12.1 Å². The number of hydrogen-bond donors (Lipinski definition) is 2. The number of aliphatic hydroxyl groups is 1. The summed E-state index contributed by atoms with van der Waals surface area (Å²) in [6.45, 7) is 4.79. The summed E-state index contributed by atoms with van der Waals surface area (Å²) in [4.78, 5) is 20.1. The van der Waals surface area contributed by atoms with Crippen LogP contribution in [0.25, 0.3) is 11.0 Å². The zero-order valence-corrected chi connectivity index (χ0v) is 18.9. The summed E-state index contributed by atoms with van der Waals surface area (Å²) in [5.74, 6) is 1.40. The fraction of sp³-hybridized carbons (Fsp3) is 0.500. The van der Waals surface area contributed by atoms with Crippen LogP contribution in [-0.2, 0) is 4.74 Å². The largest absolute Gasteiger partial charge is 0.488 e. The number of fused-ring (bicyclic) bond motifs is 1. The summed E-state index contributed by atoms with van der Waals surface area (Å²) in [7, 11) is 0. The third-order valence-corrected chi connectivity index (χ3v) is 6.29. The lowest BCUT2D eigenvalue weighted by atomic mass is 9.93. The van der Waals surface area contributed by atoms with E-state index in [2.05, 4.69) is 36.2 Å². The Bertz CT molecular complexity index is 1070. The van der Waals surface area contributed by atoms with Crippen LogP contribution in [0.3, 0.4) is 0 Å². The van der Waals surface area contributed by atoms with Crippen molar-refractivity contribution in [3.05, 3.63) is 42.5 Å². The van der Waals surface area contributed by atoms with Crippen LogP contribution in [0.1, 0.15) is 44.4 Å². The molecular weight excluding hydrogens is 420 g/mol. The Morgan fingerprint density at radius 1 is 1.09 bits per heavy atom. The molecule has 1 atom stereocenters. The molecule has 1 saturated carbocycles. The highest BCUT2D eigenvalue weighted by Gasteiger charge is 2.25. The lowest BCUT2D eigenvalue weighted by Gasteiger charge is -2.31. The van der Waals surface area contributed by atoms with Crippen LogP contribution in [0.4, 0.5) is 11.6 Å². The Morgan fingerprint density at radius 2 is 1.85 bits per heavy atom. The molecule has 3 heterocycles. The molecule has 0 amide bonds. The number of aromatic nitrogens is 4. The molecule has 0 radical (unpaired) electrons. The van der Waals surface area contributed by atoms with Gasteiger partial charge in [0.1, 0.15) is 11.3 Å². The second kappa shape index (κ2) is 9.84. The maximum Gasteiger partial charge on any atom is 0.222 e. The summed E-state index contributed by atoms with van der Waals surface area (Å²) in [6, 6.07) is 6.27. The van der Waals surface area contributed by atoms with Gasteiger partial charge in [-0.3, -0.25) is 4.98 Å². The van der Waals surface area contributed by atoms with E-state index in [1.54, 1.807) is 25.5 Å². The van der Waals surface area contributed by atoms with Crippen molar-refractivity contribution in [3.8, 4) is 5.75 Å². The van der Waals surface area contributed by atoms with Crippen molar-refractivity contribution in [2.24, 2.45) is 0 Å². The molecular formula is C24H30N6O3. The van der Waals surface area contributed by atoms with E-state index in [4.69, 9.17) is 9.47 Å². The Balaban J connectivity index is 1.35. The van der Waals surface area contributed by atoms with E-state index in [0.29, 0.717) is 36.4 Å². The second-order valence-electron chi connectivity index (χ2n) is 8.69. The first-order valence-electron chi connectivity index (χ1n) is 11.7. The fourth-order valence-corrected chi connectivity index (χ4v) is 4.44. The smallest absolute Gasteiger partial charge is 0.222 e. The fourth-order valence-electron chi connectivity index (χ4n) is 4.44. The maximum absolute atomic E-state index is 10.0. The zero-order chi connectivity index (χ0) is 22.6. The monoisotopic (exact) mass is 450 g/mol. The van der Waals surface area contributed by atoms with Crippen LogP contribution in [0.2, 0.25) is 0 Å². The van der Waals surface area contributed by atoms with Gasteiger partial charge in [0.25, 0.3) is 0 Å². The van der Waals surface area contributed by atoms with Crippen molar-refractivity contribution < 1.29 is 14.6 Å². The van der Waals surface area contributed by atoms with Gasteiger partial charge >= 0.3 is 0 Å². The van der Waals surface area contributed by atoms with Crippen LogP contribution in [0.15, 0.2) is 36.8 Å². The Labute approximate surface area is 193 Å². The topological polar surface area (TPSA) is 106 Å². The lowest BCUT2D eigenvalue weighted by molar-refractivity contribution is 0.122. The highest BCUT2D eigenvalue weighted by molar-refractivity contribution is 5.85. The number of morpholine rings is 1. The summed E-state index contributed by atoms with van der Waals surface area (Å²) >= 11 is 0. The number of benzene rings is 1. The first-order chi connectivity index (χ1) is 16.2. The molecule has 0 bridgehead atoms. The minimum atomic E-state index is -0.685. The molecule has 33 heavy (non-hydrogen) atoms. The third-order valence-electron chi connectivity index (χ3n) is 6.29. The van der Waals surface area contributed by atoms with E-state index < -0.39 is 6.10 Å². The number of aliphatic hydroxyl groups excluding tert-OH is 1. The lowest BCUT2D eigenvalue weighted by Crippen LogP contribution is -2.36. The molecule has 0 spiro atoms. The molecule has 1 aromatic carbocycles. The Kier molecular flexibility index (Phi) is 6.50. The molecule has 1 aliphatic carbocycles. The summed E-state index contributed by atoms with van der Waals surface area (Å²) < 4.78 is 12.0. The molecule has 2 N–H and O–H groups in total. The van der Waals surface area contributed by atoms with Crippen molar-refractivity contribution in [1.29, 1.82) is 0 Å². The normalized spacial score (nSPS) is 22.2. The van der Waals surface area contributed by atoms with E-state index >= 15 is 0 Å². The van der Waals surface area contributed by atoms with Gasteiger partial charge in [-0.25, -0.2) is 15.0 Å². The number of rotatable bonds is 6. The molecule has 3 aromatic rings. The van der Waals surface area contributed by atoms with Crippen LogP contribution in [0.5, 0.6) is 5.75 Å². The molecule has 9 heteroatoms. The van der Waals surface area contributed by atoms with E-state index in [9.17, 15) is 5.11 Å². The van der Waals surface area contributed by atoms with Crippen molar-refractivity contribution in [1.82, 2.24) is 19.9 Å². The molecule has 2 aliphatic rings. The van der Waals surface area contributed by atoms with Gasteiger partial charge in [-0.05, 0) is 44.7 Å². The van der Waals surface area contributed by atoms with Gasteiger partial charge in [0, 0.05) is 43.3 Å². The Morgan fingerprint density at radius 3 is 2.58 bits per heavy atom. The van der Waals surface area contributed by atoms with Gasteiger partial charge in [-0.15, -0.1) is 0 Å². The molecule has 9 nitrogen and oxygen atoms in total. The van der Waals surface area contributed by atoms with Gasteiger partial charge in [0.2, 0.25) is 5.95 Å². The number of nitrogens with one attached hydrogen (secondary N) is 1. The first-order valence-corrected chi connectivity index (χ1v) is 11.7. The quantitative estimate of drug-likeness (QED) is 0.586. The highest BCUT2D eigenvalue weighted by Crippen LogP contribution is 2.34. The maximum atomic E-state index is 10.0. The molecule has 5 rings (SSSR count). The summed E-state index contributed by atoms with van der Waals surface area (Å²) in [5.41, 5.74) is 3.08. The predicted octanol–water partition coefficient (Wildman–Crippen LogP) is 3.11. The molecule has 1 aliphatic heterocycles. The molecule has 2 fully saturated rings. The minimum Gasteiger partial charge on any atom is -0.488 e. The zero-order valence-electron chi connectivity index (χ0n) is 18.9. The SMILES string of the molecule is CC(O)c1cnc2cc(N3CCOCC3)cc(OC3CCC(Nc4ncccn4)CC3)c2n1. The van der Waals surface area contributed by atoms with Crippen molar-refractivity contribution in [2.45, 2.75) is 50.9 Å². The highest BCUT2D eigenvalue weighted by atomic mass is 16.5. The molecule has 174 valence electrons. The summed E-state index contributed by atoms with van der Waals surface area (Å²) in [6.07, 6.45) is 8.37. The van der Waals surface area contributed by atoms with Crippen LogP contribution in [-0.4, -0.2) is 63.5 Å². The van der Waals surface area contributed by atoms with Crippen molar-refractivity contribution in [3.63, 3.8) is 0 Å². The van der Waals surface area contributed by atoms with Crippen LogP contribution in [0, 0.1) is 0 Å². The number of anilines is 2.